The summed E-state index contributed by atoms with van der Waals surface area (Å²) in [6, 6.07) is 7.65. The normalized spacial score (nSPS) is 23.1. The SMILES string of the molecule is CN(Cc1cccc(Cl)c1)C(=O)C1(C)CCCCN1. The maximum absolute atomic E-state index is 12.5. The van der Waals surface area contributed by atoms with Gasteiger partial charge >= 0.3 is 0 Å². The number of amides is 1. The van der Waals surface area contributed by atoms with Gasteiger partial charge in [-0.25, -0.2) is 0 Å². The van der Waals surface area contributed by atoms with Crippen molar-refractivity contribution in [3.63, 3.8) is 0 Å². The van der Waals surface area contributed by atoms with Gasteiger partial charge in [0.25, 0.3) is 0 Å². The third-order valence-corrected chi connectivity index (χ3v) is 3.98. The van der Waals surface area contributed by atoms with Gasteiger partial charge in [0.05, 0.1) is 5.54 Å². The Hall–Kier alpha value is -1.06. The second-order valence-electron chi connectivity index (χ2n) is 5.51. The third-order valence-electron chi connectivity index (χ3n) is 3.75. The van der Waals surface area contributed by atoms with Crippen LogP contribution < -0.4 is 5.32 Å². The monoisotopic (exact) mass is 280 g/mol. The van der Waals surface area contributed by atoms with Crippen LogP contribution in [0.4, 0.5) is 0 Å². The Kier molecular flexibility index (Phi) is 4.48. The number of carbonyl (C=O) groups excluding carboxylic acids is 1. The van der Waals surface area contributed by atoms with Crippen molar-refractivity contribution in [1.29, 1.82) is 0 Å². The van der Waals surface area contributed by atoms with Crippen LogP contribution in [-0.4, -0.2) is 29.9 Å². The van der Waals surface area contributed by atoms with E-state index in [0.29, 0.717) is 11.6 Å². The Balaban J connectivity index is 2.03. The molecule has 19 heavy (non-hydrogen) atoms. The first-order valence-electron chi connectivity index (χ1n) is 6.76. The van der Waals surface area contributed by atoms with Crippen LogP contribution in [0.5, 0.6) is 0 Å². The van der Waals surface area contributed by atoms with Crippen LogP contribution in [0.15, 0.2) is 24.3 Å². The summed E-state index contributed by atoms with van der Waals surface area (Å²) in [5, 5.41) is 4.06. The molecule has 0 spiro atoms. The summed E-state index contributed by atoms with van der Waals surface area (Å²) in [7, 11) is 1.85. The van der Waals surface area contributed by atoms with Crippen LogP contribution >= 0.6 is 11.6 Å². The molecule has 1 aliphatic rings. The van der Waals surface area contributed by atoms with E-state index >= 15 is 0 Å². The summed E-state index contributed by atoms with van der Waals surface area (Å²) in [6.45, 7) is 3.52. The Bertz CT molecular complexity index is 455. The molecule has 4 heteroatoms. The molecule has 1 unspecified atom stereocenters. The molecule has 0 aliphatic carbocycles. The molecule has 0 aromatic heterocycles. The lowest BCUT2D eigenvalue weighted by molar-refractivity contribution is -0.137. The highest BCUT2D eigenvalue weighted by Crippen LogP contribution is 2.22. The minimum atomic E-state index is -0.411. The Morgan fingerprint density at radius 2 is 2.26 bits per heavy atom. The van der Waals surface area contributed by atoms with Gasteiger partial charge in [-0.3, -0.25) is 4.79 Å². The molecule has 0 radical (unpaired) electrons. The molecule has 1 fully saturated rings. The van der Waals surface area contributed by atoms with E-state index in [0.717, 1.165) is 31.4 Å². The second-order valence-corrected chi connectivity index (χ2v) is 5.94. The Morgan fingerprint density at radius 1 is 1.47 bits per heavy atom. The molecule has 1 saturated heterocycles. The quantitative estimate of drug-likeness (QED) is 0.923. The van der Waals surface area contributed by atoms with E-state index in [1.165, 1.54) is 0 Å². The number of hydrogen-bond acceptors (Lipinski definition) is 2. The van der Waals surface area contributed by atoms with Gasteiger partial charge < -0.3 is 10.2 Å². The molecule has 0 saturated carbocycles. The molecule has 2 rings (SSSR count). The fraction of sp³-hybridized carbons (Fsp3) is 0.533. The van der Waals surface area contributed by atoms with Gasteiger partial charge in [-0.2, -0.15) is 0 Å². The average Bonchev–Trinajstić information content (AvgIpc) is 2.38. The number of nitrogens with zero attached hydrogens (tertiary/aromatic N) is 1. The second kappa shape index (κ2) is 5.93. The number of carbonyl (C=O) groups is 1. The highest BCUT2D eigenvalue weighted by molar-refractivity contribution is 6.30. The average molecular weight is 281 g/mol. The van der Waals surface area contributed by atoms with E-state index in [1.54, 1.807) is 4.90 Å². The summed E-state index contributed by atoms with van der Waals surface area (Å²) in [6.07, 6.45) is 3.17. The number of piperidine rings is 1. The van der Waals surface area contributed by atoms with Crippen LogP contribution in [0.25, 0.3) is 0 Å². The van der Waals surface area contributed by atoms with Crippen LogP contribution in [-0.2, 0) is 11.3 Å². The van der Waals surface area contributed by atoms with Crippen molar-refractivity contribution in [1.82, 2.24) is 10.2 Å². The summed E-state index contributed by atoms with van der Waals surface area (Å²) >= 11 is 5.97. The summed E-state index contributed by atoms with van der Waals surface area (Å²) in [5.41, 5.74) is 0.647. The number of likely N-dealkylation sites (N-methyl/N-ethyl adjacent to an activating group) is 1. The van der Waals surface area contributed by atoms with Crippen molar-refractivity contribution in [3.05, 3.63) is 34.9 Å². The van der Waals surface area contributed by atoms with E-state index in [1.807, 2.05) is 38.2 Å². The zero-order valence-corrected chi connectivity index (χ0v) is 12.3. The smallest absolute Gasteiger partial charge is 0.242 e. The molecule has 1 amide bonds. The van der Waals surface area contributed by atoms with Crippen LogP contribution in [0.1, 0.15) is 31.7 Å². The number of rotatable bonds is 3. The van der Waals surface area contributed by atoms with Crippen LogP contribution in [0, 0.1) is 0 Å². The predicted molar refractivity (Wildman–Crippen MR) is 78.2 cm³/mol. The molecular formula is C15H21ClN2O. The first kappa shape index (κ1) is 14.4. The van der Waals surface area contributed by atoms with Crippen molar-refractivity contribution in [3.8, 4) is 0 Å². The topological polar surface area (TPSA) is 32.3 Å². The van der Waals surface area contributed by atoms with Gasteiger partial charge in [-0.1, -0.05) is 23.7 Å². The molecular weight excluding hydrogens is 260 g/mol. The van der Waals surface area contributed by atoms with E-state index in [2.05, 4.69) is 5.32 Å². The summed E-state index contributed by atoms with van der Waals surface area (Å²) < 4.78 is 0. The molecule has 3 nitrogen and oxygen atoms in total. The maximum atomic E-state index is 12.5. The minimum Gasteiger partial charge on any atom is -0.340 e. The van der Waals surface area contributed by atoms with Gasteiger partial charge in [0.2, 0.25) is 5.91 Å². The number of halogens is 1. The zero-order valence-electron chi connectivity index (χ0n) is 11.6. The van der Waals surface area contributed by atoms with Crippen LogP contribution in [0.2, 0.25) is 5.02 Å². The number of benzene rings is 1. The zero-order chi connectivity index (χ0) is 13.9. The van der Waals surface area contributed by atoms with Crippen molar-refractivity contribution in [2.75, 3.05) is 13.6 Å². The fourth-order valence-corrected chi connectivity index (χ4v) is 2.85. The summed E-state index contributed by atoms with van der Waals surface area (Å²) in [5.74, 6) is 0.159. The Morgan fingerprint density at radius 3 is 2.89 bits per heavy atom. The first-order chi connectivity index (χ1) is 9.01. The van der Waals surface area contributed by atoms with E-state index in [4.69, 9.17) is 11.6 Å². The van der Waals surface area contributed by atoms with Gasteiger partial charge in [-0.05, 0) is 50.4 Å². The minimum absolute atomic E-state index is 0.159. The standard InChI is InChI=1S/C15H21ClN2O/c1-15(8-3-4-9-17-15)14(19)18(2)11-12-6-5-7-13(16)10-12/h5-7,10,17H,3-4,8-9,11H2,1-2H3. The number of nitrogens with one attached hydrogen (secondary N) is 1. The maximum Gasteiger partial charge on any atom is 0.242 e. The lowest BCUT2D eigenvalue weighted by atomic mass is 9.89. The van der Waals surface area contributed by atoms with Gasteiger partial charge in [-0.15, -0.1) is 0 Å². The molecule has 1 atom stereocenters. The third kappa shape index (κ3) is 3.48. The fourth-order valence-electron chi connectivity index (χ4n) is 2.64. The van der Waals surface area contributed by atoms with Crippen molar-refractivity contribution >= 4 is 17.5 Å². The predicted octanol–water partition coefficient (Wildman–Crippen LogP) is 2.83. The number of hydrogen-bond donors (Lipinski definition) is 1. The lowest BCUT2D eigenvalue weighted by Crippen LogP contribution is -2.57. The molecule has 1 aromatic carbocycles. The highest BCUT2D eigenvalue weighted by Gasteiger charge is 2.36. The van der Waals surface area contributed by atoms with E-state index < -0.39 is 5.54 Å². The van der Waals surface area contributed by atoms with Gasteiger partial charge in [0, 0.05) is 18.6 Å². The highest BCUT2D eigenvalue weighted by atomic mass is 35.5. The van der Waals surface area contributed by atoms with Gasteiger partial charge in [0.1, 0.15) is 0 Å². The van der Waals surface area contributed by atoms with Crippen molar-refractivity contribution < 1.29 is 4.79 Å². The molecule has 1 N–H and O–H groups in total. The van der Waals surface area contributed by atoms with E-state index in [-0.39, 0.29) is 5.91 Å². The Labute approximate surface area is 119 Å². The molecule has 1 aromatic rings. The first-order valence-corrected chi connectivity index (χ1v) is 7.14. The van der Waals surface area contributed by atoms with Crippen molar-refractivity contribution in [2.24, 2.45) is 0 Å². The van der Waals surface area contributed by atoms with E-state index in [9.17, 15) is 4.79 Å². The molecule has 104 valence electrons. The lowest BCUT2D eigenvalue weighted by Gasteiger charge is -2.36. The van der Waals surface area contributed by atoms with Crippen molar-refractivity contribution in [2.45, 2.75) is 38.3 Å². The largest absolute Gasteiger partial charge is 0.340 e. The molecule has 0 bridgehead atoms. The van der Waals surface area contributed by atoms with Gasteiger partial charge in [0.15, 0.2) is 0 Å². The molecule has 1 aliphatic heterocycles. The summed E-state index contributed by atoms with van der Waals surface area (Å²) in [4.78, 5) is 14.3. The molecule has 1 heterocycles. The van der Waals surface area contributed by atoms with Crippen LogP contribution in [0.3, 0.4) is 0 Å².